The molecule has 6 atom stereocenters. The van der Waals surface area contributed by atoms with Gasteiger partial charge in [-0.2, -0.15) is 0 Å². The molecule has 13 aromatic carbocycles. The van der Waals surface area contributed by atoms with Crippen LogP contribution < -0.4 is 14.2 Å². The number of halogens is 11. The molecular weight excluding hydrogens is 1910 g/mol. The van der Waals surface area contributed by atoms with Crippen LogP contribution in [-0.4, -0.2) is 97.2 Å². The number of methoxy groups -OCH3 is 3. The van der Waals surface area contributed by atoms with Gasteiger partial charge in [-0.1, -0.05) is 231 Å². The van der Waals surface area contributed by atoms with Gasteiger partial charge in [0.15, 0.2) is 23.0 Å². The lowest BCUT2D eigenvalue weighted by atomic mass is 10.0. The van der Waals surface area contributed by atoms with Gasteiger partial charge in [0.25, 0.3) is 0 Å². The standard InChI is InChI=1S/C23H25NO2.C19H21Cl2NO.C19H21Cl2N.C19H22FNO2.C18H18Cl3N.C18H18Cl2FN/c1-16(7-8-17-9-12-22(25)23(13-17)26-2)24-14-19-11-10-18-5-3-4-6-20(18)21(19)15-24;1-13(3-4-14-5-8-18(20)19(21)9-14)22-11-15-6-7-17(23-2)10-16(15)12-22;1-13-3-7-16-11-22(12-17(16)9-13)14(2)4-5-15-6-8-18(20)19(21)10-15;1-13(3-4-14-5-8-18(22)19(9-14)23-2)21-11-15-6-7-17(20)10-16(15)12-21;1-12(5-6-13-7-8-17(20)18(21)9-13)22-10-14-3-2-4-16(19)15(14)11-22;1-12(2-3-13-4-7-17(19)18(20)8-13)22-10-14-5-6-16(21)9-15(14)11-22/h3-6,9-13,16,25H,7-8,14-15H2,1-2H3;5-10,13H,3-4,11-12H2,1-2H3;3,6-10,14H,4-5,11-12H2,1-2H3;5-10,13,22H,3-4,11-12H2,1-2H3;2-4,7-9,12H,5-6,10-11H2,1H3;4-9,12H,2-3,10-11H2,1H3/t16-;13-;14-;13-;2*12-/m111111/s1. The zero-order valence-corrected chi connectivity index (χ0v) is 87.2. The summed E-state index contributed by atoms with van der Waals surface area (Å²) in [4.78, 5) is 14.9. The number of ether oxygens (including phenoxy) is 3. The first-order valence-electron chi connectivity index (χ1n) is 47.8. The maximum Gasteiger partial charge on any atom is 0.160 e. The van der Waals surface area contributed by atoms with Crippen molar-refractivity contribution in [2.24, 2.45) is 0 Å². The van der Waals surface area contributed by atoms with Crippen LogP contribution in [0.25, 0.3) is 10.8 Å². The lowest BCUT2D eigenvalue weighted by Gasteiger charge is -2.24. The summed E-state index contributed by atoms with van der Waals surface area (Å²) in [6.45, 7) is 27.3. The Morgan fingerprint density at radius 1 is 0.268 bits per heavy atom. The van der Waals surface area contributed by atoms with Crippen molar-refractivity contribution in [1.29, 1.82) is 0 Å². The molecule has 0 unspecified atom stereocenters. The Hall–Kier alpha value is -8.65. The van der Waals surface area contributed by atoms with Gasteiger partial charge >= 0.3 is 0 Å². The average Bonchev–Trinajstić information content (AvgIpc) is 1.71. The third-order valence-electron chi connectivity index (χ3n) is 28.2. The first-order valence-corrected chi connectivity index (χ1v) is 51.2. The van der Waals surface area contributed by atoms with Gasteiger partial charge in [-0.25, -0.2) is 8.78 Å². The van der Waals surface area contributed by atoms with Crippen molar-refractivity contribution >= 4 is 115 Å². The van der Waals surface area contributed by atoms with Gasteiger partial charge in [0.2, 0.25) is 0 Å². The van der Waals surface area contributed by atoms with Crippen LogP contribution in [0, 0.1) is 18.6 Å². The van der Waals surface area contributed by atoms with Crippen molar-refractivity contribution < 1.29 is 33.2 Å². The summed E-state index contributed by atoms with van der Waals surface area (Å²) in [5.41, 5.74) is 24.6. The summed E-state index contributed by atoms with van der Waals surface area (Å²) in [5.74, 6) is 2.06. The van der Waals surface area contributed by atoms with Crippen molar-refractivity contribution in [3.8, 4) is 28.7 Å². The van der Waals surface area contributed by atoms with E-state index < -0.39 is 0 Å². The Morgan fingerprint density at radius 2 is 0.580 bits per heavy atom. The molecule has 0 aromatic heterocycles. The lowest BCUT2D eigenvalue weighted by molar-refractivity contribution is 0.203. The van der Waals surface area contributed by atoms with Crippen LogP contribution in [-0.2, 0) is 117 Å². The summed E-state index contributed by atoms with van der Waals surface area (Å²) in [5, 5.41) is 28.0. The second-order valence-corrected chi connectivity index (χ2v) is 41.5. The molecule has 0 spiro atoms. The predicted molar refractivity (Wildman–Crippen MR) is 570 cm³/mol. The van der Waals surface area contributed by atoms with Gasteiger partial charge in [0.1, 0.15) is 17.4 Å². The first kappa shape index (κ1) is 105. The molecule has 0 saturated heterocycles. The van der Waals surface area contributed by atoms with Crippen molar-refractivity contribution in [2.45, 2.75) is 240 Å². The minimum absolute atomic E-state index is 0.149. The van der Waals surface area contributed by atoms with Crippen LogP contribution in [0.2, 0.25) is 45.2 Å². The van der Waals surface area contributed by atoms with Gasteiger partial charge in [0.05, 0.1) is 61.5 Å². The number of aryl methyl sites for hydroxylation is 7. The maximum atomic E-state index is 13.3. The van der Waals surface area contributed by atoms with E-state index in [0.717, 1.165) is 183 Å². The topological polar surface area (TPSA) is 87.6 Å². The van der Waals surface area contributed by atoms with Crippen molar-refractivity contribution in [3.05, 3.63) is 399 Å². The minimum Gasteiger partial charge on any atom is -0.504 e. The molecule has 11 nitrogen and oxygen atoms in total. The third kappa shape index (κ3) is 28.4. The van der Waals surface area contributed by atoms with Crippen molar-refractivity contribution in [3.63, 3.8) is 0 Å². The molecule has 22 heteroatoms. The summed E-state index contributed by atoms with van der Waals surface area (Å²) in [7, 11) is 4.86. The van der Waals surface area contributed by atoms with Gasteiger partial charge in [0, 0.05) is 120 Å². The van der Waals surface area contributed by atoms with Crippen LogP contribution in [0.3, 0.4) is 0 Å². The Morgan fingerprint density at radius 3 is 0.957 bits per heavy atom. The molecule has 0 saturated carbocycles. The second-order valence-electron chi connectivity index (χ2n) is 37.8. The average molecular weight is 2040 g/mol. The second kappa shape index (κ2) is 49.8. The summed E-state index contributed by atoms with van der Waals surface area (Å²) >= 11 is 54.4. The van der Waals surface area contributed by atoms with E-state index in [2.05, 4.69) is 169 Å². The number of phenolic OH excluding ortho intramolecular Hbond substituents is 2. The Kier molecular flexibility index (Phi) is 38.0. The van der Waals surface area contributed by atoms with Gasteiger partial charge in [-0.3, -0.25) is 29.4 Å². The molecule has 138 heavy (non-hydrogen) atoms. The molecule has 0 radical (unpaired) electrons. The highest BCUT2D eigenvalue weighted by Crippen LogP contribution is 2.40. The SMILES string of the molecule is COc1cc(CC[C@@H](C)N2Cc3ccc(F)cc3C2)ccc1O.COc1cc(CC[C@@H](C)N2Cc3ccc4ccccc4c3C2)ccc1O.COc1ccc2c(c1)CN([C@H](C)CCc1ccc(Cl)c(Cl)c1)C2.C[C@H](CCc1ccc(Cl)c(Cl)c1)N1Cc2ccc(F)cc2C1.C[C@H](CCc1ccc(Cl)c(Cl)c1)N1Cc2cccc(Cl)c2C1.Cc1ccc2c(c1)CN([C@H](C)CCc1ccc(Cl)c(Cl)c1)C2. The number of hydrogen-bond donors (Lipinski definition) is 2. The molecule has 726 valence electrons. The highest BCUT2D eigenvalue weighted by atomic mass is 35.5. The molecule has 19 rings (SSSR count). The van der Waals surface area contributed by atoms with Gasteiger partial charge in [-0.15, -0.1) is 0 Å². The normalized spacial score (nSPS) is 15.6. The fraction of sp³-hybridized carbons (Fsp3) is 0.345. The van der Waals surface area contributed by atoms with Crippen LogP contribution in [0.4, 0.5) is 8.78 Å². The number of phenols is 2. The molecule has 0 fully saturated rings. The Bertz CT molecular complexity index is 6230. The molecule has 0 amide bonds. The summed E-state index contributed by atoms with van der Waals surface area (Å²) in [6.07, 6.45) is 12.3. The predicted octanol–water partition coefficient (Wildman–Crippen LogP) is 31.2. The minimum atomic E-state index is -0.158. The summed E-state index contributed by atoms with van der Waals surface area (Å²) < 4.78 is 42.3. The molecule has 2 N–H and O–H groups in total. The van der Waals surface area contributed by atoms with Crippen molar-refractivity contribution in [2.75, 3.05) is 21.3 Å². The van der Waals surface area contributed by atoms with E-state index in [4.69, 9.17) is 119 Å². The molecule has 6 aliphatic heterocycles. The van der Waals surface area contributed by atoms with Crippen LogP contribution in [0.5, 0.6) is 28.7 Å². The van der Waals surface area contributed by atoms with E-state index in [0.29, 0.717) is 87.9 Å². The van der Waals surface area contributed by atoms with Gasteiger partial charge in [-0.05, 0) is 352 Å². The molecule has 13 aromatic rings. The molecule has 0 aliphatic carbocycles. The molecular formula is C116H125Cl9F2N6O5. The molecule has 0 bridgehead atoms. The van der Waals surface area contributed by atoms with E-state index in [1.54, 1.807) is 51.7 Å². The fourth-order valence-corrected chi connectivity index (χ4v) is 20.7. The van der Waals surface area contributed by atoms with E-state index >= 15 is 0 Å². The lowest BCUT2D eigenvalue weighted by Crippen LogP contribution is -2.28. The quantitative estimate of drug-likeness (QED) is 0.0516. The number of nitrogens with zero attached hydrogens (tertiary/aromatic N) is 6. The monoisotopic (exact) mass is 2030 g/mol. The highest BCUT2D eigenvalue weighted by Gasteiger charge is 2.31. The maximum absolute atomic E-state index is 13.3. The number of hydrogen-bond acceptors (Lipinski definition) is 11. The van der Waals surface area contributed by atoms with E-state index in [9.17, 15) is 19.0 Å². The first-order chi connectivity index (χ1) is 66.4. The Balaban J connectivity index is 0.000000132. The smallest absolute Gasteiger partial charge is 0.160 e. The van der Waals surface area contributed by atoms with E-state index in [1.165, 1.54) is 106 Å². The van der Waals surface area contributed by atoms with E-state index in [-0.39, 0.29) is 23.1 Å². The van der Waals surface area contributed by atoms with Gasteiger partial charge < -0.3 is 24.4 Å². The number of rotatable bonds is 27. The van der Waals surface area contributed by atoms with E-state index in [1.807, 2.05) is 109 Å². The number of fused-ring (bicyclic) bond motifs is 8. The van der Waals surface area contributed by atoms with Crippen LogP contribution in [0.15, 0.2) is 237 Å². The zero-order valence-electron chi connectivity index (χ0n) is 80.4. The number of benzene rings is 13. The molecule has 6 heterocycles. The van der Waals surface area contributed by atoms with Crippen LogP contribution in [0.1, 0.15) is 186 Å². The summed E-state index contributed by atoms with van der Waals surface area (Å²) in [6, 6.07) is 80.3. The molecule has 6 aliphatic rings. The van der Waals surface area contributed by atoms with Crippen LogP contribution >= 0.6 is 104 Å². The Labute approximate surface area is 860 Å². The fourth-order valence-electron chi connectivity index (χ4n) is 19.2. The highest BCUT2D eigenvalue weighted by molar-refractivity contribution is 6.43. The largest absolute Gasteiger partial charge is 0.504 e. The third-order valence-corrected chi connectivity index (χ3v) is 31.5. The zero-order chi connectivity index (χ0) is 98.0. The van der Waals surface area contributed by atoms with Crippen molar-refractivity contribution in [1.82, 2.24) is 29.4 Å². The number of aromatic hydroxyl groups is 2.